The summed E-state index contributed by atoms with van der Waals surface area (Å²) in [5.41, 5.74) is 3.22. The van der Waals surface area contributed by atoms with Crippen molar-refractivity contribution in [3.05, 3.63) is 53.1 Å². The zero-order chi connectivity index (χ0) is 23.5. The van der Waals surface area contributed by atoms with E-state index in [4.69, 9.17) is 9.72 Å². The molecule has 1 aromatic carbocycles. The summed E-state index contributed by atoms with van der Waals surface area (Å²) in [7, 11) is 0. The summed E-state index contributed by atoms with van der Waals surface area (Å²) < 4.78 is 7.31. The van der Waals surface area contributed by atoms with E-state index in [0.29, 0.717) is 30.9 Å². The van der Waals surface area contributed by atoms with Crippen molar-refractivity contribution in [3.63, 3.8) is 0 Å². The lowest BCUT2D eigenvalue weighted by atomic mass is 9.84. The van der Waals surface area contributed by atoms with E-state index in [0.717, 1.165) is 48.4 Å². The molecule has 6 rings (SSSR count). The number of benzene rings is 1. The predicted molar refractivity (Wildman–Crippen MR) is 124 cm³/mol. The highest BCUT2D eigenvalue weighted by Crippen LogP contribution is 2.32. The van der Waals surface area contributed by atoms with Gasteiger partial charge in [-0.05, 0) is 30.5 Å². The summed E-state index contributed by atoms with van der Waals surface area (Å²) >= 11 is 0. The van der Waals surface area contributed by atoms with Crippen molar-refractivity contribution in [2.24, 2.45) is 0 Å². The van der Waals surface area contributed by atoms with Gasteiger partial charge in [-0.3, -0.25) is 4.79 Å². The van der Waals surface area contributed by atoms with Crippen LogP contribution in [0, 0.1) is 0 Å². The van der Waals surface area contributed by atoms with Gasteiger partial charge in [-0.1, -0.05) is 18.2 Å². The maximum atomic E-state index is 12.1. The number of alkyl carbamates (subject to hydrolysis) is 1. The van der Waals surface area contributed by atoms with Crippen molar-refractivity contribution >= 4 is 23.5 Å². The maximum Gasteiger partial charge on any atom is 0.407 e. The molecule has 0 radical (unpaired) electrons. The van der Waals surface area contributed by atoms with Crippen LogP contribution in [0.5, 0.6) is 0 Å². The van der Waals surface area contributed by atoms with Crippen molar-refractivity contribution < 1.29 is 14.3 Å². The molecule has 0 atom stereocenters. The van der Waals surface area contributed by atoms with Gasteiger partial charge in [0.05, 0.1) is 18.5 Å². The fourth-order valence-corrected chi connectivity index (χ4v) is 5.38. The Morgan fingerprint density at radius 1 is 1.18 bits per heavy atom. The molecule has 5 heterocycles. The van der Waals surface area contributed by atoms with Gasteiger partial charge in [0, 0.05) is 44.7 Å². The van der Waals surface area contributed by atoms with E-state index in [2.05, 4.69) is 43.8 Å². The number of hydrogen-bond acceptors (Lipinski definition) is 7. The molecule has 2 aromatic heterocycles. The Morgan fingerprint density at radius 2 is 2.00 bits per heavy atom. The molecule has 176 valence electrons. The van der Waals surface area contributed by atoms with Crippen molar-refractivity contribution in [2.75, 3.05) is 24.5 Å². The number of fused-ring (bicyclic) bond motifs is 2. The van der Waals surface area contributed by atoms with Crippen LogP contribution in [0.15, 0.2) is 30.6 Å². The van der Waals surface area contributed by atoms with E-state index in [1.54, 1.807) is 10.7 Å². The van der Waals surface area contributed by atoms with Gasteiger partial charge >= 0.3 is 6.09 Å². The minimum Gasteiger partial charge on any atom is -0.441 e. The Hall–Kier alpha value is -3.69. The molecule has 2 N–H and O–H groups in total. The lowest BCUT2D eigenvalue weighted by Gasteiger charge is -2.37. The number of anilines is 1. The van der Waals surface area contributed by atoms with Crippen LogP contribution in [-0.4, -0.2) is 56.8 Å². The monoisotopic (exact) mass is 461 g/mol. The Kier molecular flexibility index (Phi) is 4.55. The van der Waals surface area contributed by atoms with Crippen molar-refractivity contribution in [1.29, 1.82) is 0 Å². The molecule has 0 aliphatic carbocycles. The van der Waals surface area contributed by atoms with E-state index < -0.39 is 5.60 Å². The first-order valence-corrected chi connectivity index (χ1v) is 11.7. The third-order valence-corrected chi connectivity index (χ3v) is 7.13. The van der Waals surface area contributed by atoms with Crippen LogP contribution < -0.4 is 15.5 Å². The molecule has 3 aliphatic rings. The highest BCUT2D eigenvalue weighted by molar-refractivity contribution is 5.82. The molecule has 2 saturated heterocycles. The first-order valence-electron chi connectivity index (χ1n) is 11.7. The molecule has 0 unspecified atom stereocenters. The Bertz CT molecular complexity index is 1310. The number of ether oxygens (including phenoxy) is 1. The number of aromatic nitrogens is 4. The van der Waals surface area contributed by atoms with Crippen LogP contribution in [0.2, 0.25) is 0 Å². The second kappa shape index (κ2) is 7.41. The normalized spacial score (nSPS) is 20.7. The van der Waals surface area contributed by atoms with Crippen LogP contribution in [0.3, 0.4) is 0 Å². The van der Waals surface area contributed by atoms with E-state index in [1.807, 2.05) is 20.0 Å². The first-order chi connectivity index (χ1) is 16.3. The smallest absolute Gasteiger partial charge is 0.407 e. The number of nitrogens with one attached hydrogen (secondary N) is 2. The average Bonchev–Trinajstić information content (AvgIpc) is 3.36. The third kappa shape index (κ3) is 3.53. The first kappa shape index (κ1) is 20.9. The number of nitrogens with zero attached hydrogens (tertiary/aromatic N) is 5. The molecule has 10 heteroatoms. The SMILES string of the molecule is CC1(C)NC(=O)Cc2cc(Cc3nc4c(N5CCC6(CC5)CNC(=O)O6)nccn4n3)ccc21. The van der Waals surface area contributed by atoms with Crippen molar-refractivity contribution in [3.8, 4) is 0 Å². The van der Waals surface area contributed by atoms with E-state index in [1.165, 1.54) is 0 Å². The highest BCUT2D eigenvalue weighted by atomic mass is 16.6. The molecule has 0 bridgehead atoms. The molecule has 34 heavy (non-hydrogen) atoms. The van der Waals surface area contributed by atoms with Gasteiger partial charge in [-0.15, -0.1) is 0 Å². The average molecular weight is 462 g/mol. The summed E-state index contributed by atoms with van der Waals surface area (Å²) in [4.78, 5) is 35.3. The van der Waals surface area contributed by atoms with Crippen LogP contribution in [-0.2, 0) is 27.9 Å². The highest BCUT2D eigenvalue weighted by Gasteiger charge is 2.43. The van der Waals surface area contributed by atoms with Crippen LogP contribution in [0.1, 0.15) is 49.2 Å². The Morgan fingerprint density at radius 3 is 2.76 bits per heavy atom. The third-order valence-electron chi connectivity index (χ3n) is 7.13. The maximum absolute atomic E-state index is 12.1. The number of carbonyl (C=O) groups excluding carboxylic acids is 2. The van der Waals surface area contributed by atoms with E-state index in [-0.39, 0.29) is 17.5 Å². The minimum atomic E-state index is -0.407. The van der Waals surface area contributed by atoms with Gasteiger partial charge in [0.25, 0.3) is 0 Å². The van der Waals surface area contributed by atoms with Gasteiger partial charge in [0.1, 0.15) is 5.60 Å². The molecule has 3 aromatic rings. The number of piperidine rings is 1. The molecule has 2 fully saturated rings. The standard InChI is InChI=1S/C24H27N7O3/c1-23(2)17-4-3-15(11-16(17)13-19(32)28-23)12-18-27-21-20(25-7-10-31(21)29-18)30-8-5-24(6-9-30)14-26-22(33)34-24/h3-4,7,10-11H,5-6,8-9,12-14H2,1-2H3,(H,26,33)(H,28,32). The number of carbonyl (C=O) groups is 2. The lowest BCUT2D eigenvalue weighted by molar-refractivity contribution is -0.122. The van der Waals surface area contributed by atoms with Crippen molar-refractivity contribution in [1.82, 2.24) is 30.2 Å². The largest absolute Gasteiger partial charge is 0.441 e. The molecule has 1 spiro atoms. The topological polar surface area (TPSA) is 114 Å². The van der Waals surface area contributed by atoms with Gasteiger partial charge in [0.2, 0.25) is 5.91 Å². The van der Waals surface area contributed by atoms with Crippen LogP contribution >= 0.6 is 0 Å². The van der Waals surface area contributed by atoms with E-state index >= 15 is 0 Å². The minimum absolute atomic E-state index is 0.0442. The fraction of sp³-hybridized carbons (Fsp3) is 0.458. The summed E-state index contributed by atoms with van der Waals surface area (Å²) in [5.74, 6) is 1.54. The molecular weight excluding hydrogens is 434 g/mol. The van der Waals surface area contributed by atoms with E-state index in [9.17, 15) is 9.59 Å². The quantitative estimate of drug-likeness (QED) is 0.610. The summed E-state index contributed by atoms with van der Waals surface area (Å²) in [6, 6.07) is 6.28. The van der Waals surface area contributed by atoms with Crippen LogP contribution in [0.4, 0.5) is 10.6 Å². The summed E-state index contributed by atoms with van der Waals surface area (Å²) in [6.07, 6.45) is 5.66. The molecule has 10 nitrogen and oxygen atoms in total. The molecule has 3 aliphatic heterocycles. The zero-order valence-electron chi connectivity index (χ0n) is 19.3. The number of rotatable bonds is 3. The lowest BCUT2D eigenvalue weighted by Crippen LogP contribution is -2.47. The number of amides is 2. The zero-order valence-corrected chi connectivity index (χ0v) is 19.3. The summed E-state index contributed by atoms with van der Waals surface area (Å²) in [6.45, 7) is 6.07. The van der Waals surface area contributed by atoms with Crippen molar-refractivity contribution in [2.45, 2.75) is 50.7 Å². The molecule has 0 saturated carbocycles. The van der Waals surface area contributed by atoms with Gasteiger partial charge in [-0.25, -0.2) is 19.3 Å². The van der Waals surface area contributed by atoms with Crippen LogP contribution in [0.25, 0.3) is 5.65 Å². The Labute approximate surface area is 196 Å². The second-order valence-electron chi connectivity index (χ2n) is 9.98. The number of hydrogen-bond donors (Lipinski definition) is 2. The Balaban J connectivity index is 1.24. The van der Waals surface area contributed by atoms with Gasteiger partial charge in [-0.2, -0.15) is 5.10 Å². The predicted octanol–water partition coefficient (Wildman–Crippen LogP) is 1.70. The molecular formula is C24H27N7O3. The molecule has 2 amide bonds. The second-order valence-corrected chi connectivity index (χ2v) is 9.98. The van der Waals surface area contributed by atoms with Gasteiger partial charge < -0.3 is 20.3 Å². The van der Waals surface area contributed by atoms with Gasteiger partial charge in [0.15, 0.2) is 17.3 Å². The summed E-state index contributed by atoms with van der Waals surface area (Å²) in [5, 5.41) is 10.5. The fourth-order valence-electron chi connectivity index (χ4n) is 5.38.